The maximum absolute atomic E-state index is 5.31. The molecule has 2 aromatic carbocycles. The predicted octanol–water partition coefficient (Wildman–Crippen LogP) is 7.80. The highest BCUT2D eigenvalue weighted by Crippen LogP contribution is 2.38. The van der Waals surface area contributed by atoms with E-state index in [1.54, 1.807) is 0 Å². The van der Waals surface area contributed by atoms with Crippen LogP contribution in [0.25, 0.3) is 11.3 Å². The highest BCUT2D eigenvalue weighted by atomic mass is 14.9. The van der Waals surface area contributed by atoms with Crippen molar-refractivity contribution < 1.29 is 0 Å². The lowest BCUT2D eigenvalue weighted by atomic mass is 9.85. The zero-order valence-electron chi connectivity index (χ0n) is 20.5. The van der Waals surface area contributed by atoms with Crippen LogP contribution in [0.1, 0.15) is 85.7 Å². The summed E-state index contributed by atoms with van der Waals surface area (Å²) in [6, 6.07) is 16.3. The molecule has 2 nitrogen and oxygen atoms in total. The van der Waals surface area contributed by atoms with Crippen molar-refractivity contribution in [2.45, 2.75) is 85.6 Å². The Bertz CT molecular complexity index is 1060. The summed E-state index contributed by atoms with van der Waals surface area (Å²) in [6.45, 7) is 11.2. The lowest BCUT2D eigenvalue weighted by Gasteiger charge is -2.30. The number of hydrogen-bond donors (Lipinski definition) is 1. The van der Waals surface area contributed by atoms with Gasteiger partial charge in [-0.25, -0.2) is 0 Å². The van der Waals surface area contributed by atoms with E-state index in [0.29, 0.717) is 6.04 Å². The minimum Gasteiger partial charge on any atom is -0.378 e. The zero-order chi connectivity index (χ0) is 22.7. The summed E-state index contributed by atoms with van der Waals surface area (Å²) in [5.41, 5.74) is 13.6. The van der Waals surface area contributed by atoms with Crippen molar-refractivity contribution in [3.8, 4) is 11.3 Å². The fourth-order valence-corrected chi connectivity index (χ4v) is 5.33. The third kappa shape index (κ3) is 4.33. The van der Waals surface area contributed by atoms with Gasteiger partial charge in [0.25, 0.3) is 0 Å². The highest BCUT2D eigenvalue weighted by molar-refractivity contribution is 5.70. The van der Waals surface area contributed by atoms with Crippen LogP contribution in [0.5, 0.6) is 0 Å². The molecule has 1 heterocycles. The van der Waals surface area contributed by atoms with E-state index in [2.05, 4.69) is 82.4 Å². The molecule has 1 aliphatic rings. The van der Waals surface area contributed by atoms with Crippen LogP contribution in [0, 0.1) is 6.92 Å². The van der Waals surface area contributed by atoms with Crippen LogP contribution >= 0.6 is 0 Å². The van der Waals surface area contributed by atoms with Gasteiger partial charge in [0.05, 0.1) is 11.7 Å². The number of pyridine rings is 1. The standard InChI is InChI=1S/C30H38N2/c1-6-21-16-17-25(20(5)18-21)31-26-14-11-15-27-30(26)24(9-4)19-28(32-27)29-22(7-2)12-10-13-23(29)8-3/h10,12-13,16-19,26,31H,6-9,11,14-15H2,1-5H3. The van der Waals surface area contributed by atoms with Crippen molar-refractivity contribution in [3.63, 3.8) is 0 Å². The molecule has 0 saturated carbocycles. The Morgan fingerprint density at radius 2 is 1.59 bits per heavy atom. The highest BCUT2D eigenvalue weighted by Gasteiger charge is 2.26. The first-order valence-electron chi connectivity index (χ1n) is 12.6. The van der Waals surface area contributed by atoms with Gasteiger partial charge < -0.3 is 5.32 Å². The SMILES string of the molecule is CCc1ccc(NC2CCCc3nc(-c4c(CC)cccc4CC)cc(CC)c32)c(C)c1. The van der Waals surface area contributed by atoms with Gasteiger partial charge in [-0.15, -0.1) is 0 Å². The minimum atomic E-state index is 0.341. The molecule has 0 fully saturated rings. The van der Waals surface area contributed by atoms with Crippen LogP contribution in [0.3, 0.4) is 0 Å². The topological polar surface area (TPSA) is 24.9 Å². The molecule has 2 heteroatoms. The number of benzene rings is 2. The second kappa shape index (κ2) is 9.90. The average molecular weight is 427 g/mol. The number of aryl methyl sites for hydroxylation is 6. The number of fused-ring (bicyclic) bond motifs is 1. The van der Waals surface area contributed by atoms with Gasteiger partial charge in [-0.2, -0.15) is 0 Å². The Labute approximate surface area is 194 Å². The van der Waals surface area contributed by atoms with Gasteiger partial charge >= 0.3 is 0 Å². The molecule has 1 atom stereocenters. The molecule has 0 radical (unpaired) electrons. The average Bonchev–Trinajstić information content (AvgIpc) is 2.83. The van der Waals surface area contributed by atoms with Crippen molar-refractivity contribution >= 4 is 5.69 Å². The first-order chi connectivity index (χ1) is 15.6. The summed E-state index contributed by atoms with van der Waals surface area (Å²) in [5, 5.41) is 3.90. The Hall–Kier alpha value is -2.61. The Kier molecular flexibility index (Phi) is 6.98. The van der Waals surface area contributed by atoms with Gasteiger partial charge in [0.1, 0.15) is 0 Å². The van der Waals surface area contributed by atoms with Crippen LogP contribution in [0.4, 0.5) is 5.69 Å². The van der Waals surface area contributed by atoms with E-state index in [1.165, 1.54) is 68.9 Å². The summed E-state index contributed by atoms with van der Waals surface area (Å²) >= 11 is 0. The smallest absolute Gasteiger partial charge is 0.0713 e. The third-order valence-corrected chi connectivity index (χ3v) is 7.14. The first kappa shape index (κ1) is 22.6. The fraction of sp³-hybridized carbons (Fsp3) is 0.433. The third-order valence-electron chi connectivity index (χ3n) is 7.14. The molecule has 32 heavy (non-hydrogen) atoms. The molecule has 0 saturated heterocycles. The fourth-order valence-electron chi connectivity index (χ4n) is 5.33. The molecule has 3 aromatic rings. The predicted molar refractivity (Wildman–Crippen MR) is 138 cm³/mol. The minimum absolute atomic E-state index is 0.341. The Balaban J connectivity index is 1.77. The lowest BCUT2D eigenvalue weighted by Crippen LogP contribution is -2.21. The van der Waals surface area contributed by atoms with E-state index in [1.807, 2.05) is 0 Å². The monoisotopic (exact) mass is 426 g/mol. The van der Waals surface area contributed by atoms with Gasteiger partial charge in [-0.3, -0.25) is 4.98 Å². The van der Waals surface area contributed by atoms with E-state index >= 15 is 0 Å². The second-order valence-electron chi connectivity index (χ2n) is 9.13. The zero-order valence-corrected chi connectivity index (χ0v) is 20.5. The van der Waals surface area contributed by atoms with Gasteiger partial charge in [0, 0.05) is 16.9 Å². The van der Waals surface area contributed by atoms with Crippen molar-refractivity contribution in [1.29, 1.82) is 0 Å². The molecule has 168 valence electrons. The van der Waals surface area contributed by atoms with E-state index in [-0.39, 0.29) is 0 Å². The molecular weight excluding hydrogens is 388 g/mol. The molecule has 0 amide bonds. The second-order valence-corrected chi connectivity index (χ2v) is 9.13. The van der Waals surface area contributed by atoms with Crippen LogP contribution in [0.15, 0.2) is 42.5 Å². The maximum Gasteiger partial charge on any atom is 0.0713 e. The maximum atomic E-state index is 5.31. The Morgan fingerprint density at radius 3 is 2.22 bits per heavy atom. The van der Waals surface area contributed by atoms with Crippen molar-refractivity contribution in [3.05, 3.63) is 81.5 Å². The quantitative estimate of drug-likeness (QED) is 0.417. The number of hydrogen-bond acceptors (Lipinski definition) is 2. The molecular formula is C30H38N2. The Morgan fingerprint density at radius 1 is 0.875 bits per heavy atom. The molecule has 1 aliphatic carbocycles. The summed E-state index contributed by atoms with van der Waals surface area (Å²) in [6.07, 6.45) is 7.64. The number of rotatable bonds is 7. The van der Waals surface area contributed by atoms with E-state index < -0.39 is 0 Å². The van der Waals surface area contributed by atoms with E-state index in [4.69, 9.17) is 4.98 Å². The van der Waals surface area contributed by atoms with Crippen LogP contribution < -0.4 is 5.32 Å². The molecule has 1 aromatic heterocycles. The molecule has 1 N–H and O–H groups in total. The molecule has 1 unspecified atom stereocenters. The van der Waals surface area contributed by atoms with Gasteiger partial charge in [0.2, 0.25) is 0 Å². The van der Waals surface area contributed by atoms with Crippen molar-refractivity contribution in [2.24, 2.45) is 0 Å². The largest absolute Gasteiger partial charge is 0.378 e. The van der Waals surface area contributed by atoms with Crippen molar-refractivity contribution in [1.82, 2.24) is 4.98 Å². The molecule has 0 bridgehead atoms. The normalized spacial score (nSPS) is 15.5. The van der Waals surface area contributed by atoms with Gasteiger partial charge in [0.15, 0.2) is 0 Å². The van der Waals surface area contributed by atoms with Crippen LogP contribution in [-0.2, 0) is 32.1 Å². The van der Waals surface area contributed by atoms with E-state index in [0.717, 1.165) is 32.1 Å². The first-order valence-corrected chi connectivity index (χ1v) is 12.6. The summed E-state index contributed by atoms with van der Waals surface area (Å²) in [4.78, 5) is 5.31. The van der Waals surface area contributed by atoms with E-state index in [9.17, 15) is 0 Å². The molecule has 0 aliphatic heterocycles. The van der Waals surface area contributed by atoms with Gasteiger partial charge in [-0.1, -0.05) is 58.0 Å². The number of nitrogens with one attached hydrogen (secondary N) is 1. The molecule has 4 rings (SSSR count). The van der Waals surface area contributed by atoms with Crippen LogP contribution in [-0.4, -0.2) is 4.98 Å². The number of anilines is 1. The summed E-state index contributed by atoms with van der Waals surface area (Å²) in [5.74, 6) is 0. The summed E-state index contributed by atoms with van der Waals surface area (Å²) < 4.78 is 0. The van der Waals surface area contributed by atoms with Gasteiger partial charge in [-0.05, 0) is 97.4 Å². The summed E-state index contributed by atoms with van der Waals surface area (Å²) in [7, 11) is 0. The van der Waals surface area contributed by atoms with Crippen molar-refractivity contribution in [2.75, 3.05) is 5.32 Å². The lowest BCUT2D eigenvalue weighted by molar-refractivity contribution is 0.583. The molecule has 0 spiro atoms. The number of aromatic nitrogens is 1. The van der Waals surface area contributed by atoms with Crippen LogP contribution in [0.2, 0.25) is 0 Å². The number of nitrogens with zero attached hydrogens (tertiary/aromatic N) is 1.